The Morgan fingerprint density at radius 2 is 1.69 bits per heavy atom. The normalized spacial score (nSPS) is 23.4. The summed E-state index contributed by atoms with van der Waals surface area (Å²) in [5.74, 6) is -4.47. The molecule has 248 valence electrons. The average molecular weight is 722 g/mol. The van der Waals surface area contributed by atoms with Crippen molar-refractivity contribution in [2.45, 2.75) is 36.5 Å². The van der Waals surface area contributed by atoms with Crippen LogP contribution in [0.25, 0.3) is 0 Å². The van der Waals surface area contributed by atoms with Gasteiger partial charge in [-0.15, -0.1) is 0 Å². The maximum Gasteiger partial charge on any atom is 0.417 e. The average Bonchev–Trinajstić information content (AvgIpc) is 3.38. The summed E-state index contributed by atoms with van der Waals surface area (Å²) in [6.45, 7) is -0.0382. The number of halogens is 6. The molecule has 2 aromatic carbocycles. The first kappa shape index (κ1) is 32.0. The molecule has 2 N–H and O–H groups in total. The Bertz CT molecular complexity index is 2200. The number of fused-ring (bicyclic) bond motifs is 4. The fraction of sp³-hybridized carbons (Fsp3) is 0.258. The van der Waals surface area contributed by atoms with Crippen LogP contribution in [0, 0.1) is 5.92 Å². The molecule has 17 heteroatoms. The number of carbonyl (C=O) groups excluding carboxylic acids is 2. The summed E-state index contributed by atoms with van der Waals surface area (Å²) in [5, 5.41) is 10.8. The minimum Gasteiger partial charge on any atom is -0.508 e. The number of benzene rings is 2. The fourth-order valence-electron chi connectivity index (χ4n) is 7.25. The maximum absolute atomic E-state index is 15.0. The molecule has 4 atom stereocenters. The second-order valence-corrected chi connectivity index (χ2v) is 13.0. The molecule has 4 heterocycles. The highest BCUT2D eigenvalue weighted by atomic mass is 35.5. The zero-order chi connectivity index (χ0) is 34.4. The van der Waals surface area contributed by atoms with Crippen LogP contribution in [0.2, 0.25) is 15.1 Å². The Balaban J connectivity index is 1.48. The van der Waals surface area contributed by atoms with Gasteiger partial charge in [0.05, 0.1) is 34.5 Å². The van der Waals surface area contributed by atoms with E-state index in [1.165, 1.54) is 34.6 Å². The van der Waals surface area contributed by atoms with Crippen molar-refractivity contribution in [3.05, 3.63) is 119 Å². The van der Waals surface area contributed by atoms with E-state index in [0.717, 1.165) is 4.57 Å². The molecule has 0 bridgehead atoms. The van der Waals surface area contributed by atoms with Gasteiger partial charge in [-0.25, -0.2) is 28.5 Å². The minimum atomic E-state index is -4.75. The SMILES string of the molecule is Cn1c(=O)n2n(c1=O)[C@@H]1C[C@H]3C(=O)N(Nc4ncc(C(F)(F)F)cc4Cl)C(=O)[C@@]3(c3ccc(Cl)cc3)[C@@H](c3ccc(O)cc3Cl)C1=CC2. The third-order valence-corrected chi connectivity index (χ3v) is 10.2. The van der Waals surface area contributed by atoms with Crippen molar-refractivity contribution >= 4 is 52.4 Å². The molecule has 2 fully saturated rings. The Kier molecular flexibility index (Phi) is 7.34. The molecule has 0 radical (unpaired) electrons. The number of carbonyl (C=O) groups is 2. The number of allylic oxidation sites excluding steroid dienone is 2. The van der Waals surface area contributed by atoms with Gasteiger partial charge >= 0.3 is 17.6 Å². The first-order chi connectivity index (χ1) is 22.7. The van der Waals surface area contributed by atoms with Gasteiger partial charge in [0.15, 0.2) is 5.82 Å². The lowest BCUT2D eigenvalue weighted by atomic mass is 9.53. The number of aromatic nitrogens is 4. The quantitative estimate of drug-likeness (QED) is 0.223. The van der Waals surface area contributed by atoms with E-state index in [2.05, 4.69) is 10.4 Å². The van der Waals surface area contributed by atoms with Crippen LogP contribution in [0.1, 0.15) is 35.1 Å². The second-order valence-electron chi connectivity index (χ2n) is 11.7. The Morgan fingerprint density at radius 1 is 0.979 bits per heavy atom. The second kappa shape index (κ2) is 11.0. The predicted octanol–water partition coefficient (Wildman–Crippen LogP) is 5.05. The Morgan fingerprint density at radius 3 is 2.33 bits per heavy atom. The number of phenols is 1. The number of pyridine rings is 1. The molecule has 7 rings (SSSR count). The lowest BCUT2D eigenvalue weighted by molar-refractivity contribution is -0.139. The van der Waals surface area contributed by atoms with Crippen LogP contribution in [0.4, 0.5) is 19.0 Å². The summed E-state index contributed by atoms with van der Waals surface area (Å²) in [7, 11) is 1.33. The molecular weight excluding hydrogens is 700 g/mol. The topological polar surface area (TPSA) is 131 Å². The summed E-state index contributed by atoms with van der Waals surface area (Å²) in [6, 6.07) is 10.1. The van der Waals surface area contributed by atoms with Crippen molar-refractivity contribution < 1.29 is 27.9 Å². The molecule has 2 amide bonds. The molecule has 2 aromatic heterocycles. The number of aromatic hydroxyl groups is 1. The lowest BCUT2D eigenvalue weighted by Crippen LogP contribution is -2.53. The van der Waals surface area contributed by atoms with Crippen LogP contribution < -0.4 is 16.8 Å². The zero-order valence-corrected chi connectivity index (χ0v) is 26.8. The third kappa shape index (κ3) is 4.53. The van der Waals surface area contributed by atoms with Crippen LogP contribution in [0.3, 0.4) is 0 Å². The highest BCUT2D eigenvalue weighted by Crippen LogP contribution is 2.62. The van der Waals surface area contributed by atoms with E-state index in [-0.39, 0.29) is 29.6 Å². The van der Waals surface area contributed by atoms with Crippen molar-refractivity contribution in [2.75, 3.05) is 5.43 Å². The first-order valence-corrected chi connectivity index (χ1v) is 15.5. The van der Waals surface area contributed by atoms with E-state index in [1.807, 2.05) is 0 Å². The van der Waals surface area contributed by atoms with Crippen LogP contribution >= 0.6 is 34.8 Å². The zero-order valence-electron chi connectivity index (χ0n) is 24.5. The van der Waals surface area contributed by atoms with Gasteiger partial charge in [0, 0.05) is 29.2 Å². The van der Waals surface area contributed by atoms with E-state index in [4.69, 9.17) is 34.8 Å². The van der Waals surface area contributed by atoms with Crippen molar-refractivity contribution in [2.24, 2.45) is 13.0 Å². The number of anilines is 1. The number of hydrazine groups is 1. The summed E-state index contributed by atoms with van der Waals surface area (Å²) in [5.41, 5.74) is -0.400. The van der Waals surface area contributed by atoms with Gasteiger partial charge in [0.25, 0.3) is 11.8 Å². The first-order valence-electron chi connectivity index (χ1n) is 14.4. The van der Waals surface area contributed by atoms with Crippen molar-refractivity contribution in [1.29, 1.82) is 0 Å². The maximum atomic E-state index is 15.0. The smallest absolute Gasteiger partial charge is 0.417 e. The molecular formula is C31H22Cl3F3N6O5. The number of hydrogen-bond acceptors (Lipinski definition) is 7. The Labute approximate surface area is 283 Å². The van der Waals surface area contributed by atoms with Crippen LogP contribution in [0.15, 0.2) is 76.0 Å². The van der Waals surface area contributed by atoms with Crippen molar-refractivity contribution in [3.8, 4) is 5.75 Å². The lowest BCUT2D eigenvalue weighted by Gasteiger charge is -2.49. The van der Waals surface area contributed by atoms with Crippen LogP contribution in [-0.4, -0.2) is 40.8 Å². The number of imide groups is 1. The molecule has 11 nitrogen and oxygen atoms in total. The minimum absolute atomic E-state index is 0.0382. The molecule has 48 heavy (non-hydrogen) atoms. The van der Waals surface area contributed by atoms with Gasteiger partial charge in [-0.2, -0.15) is 18.2 Å². The summed E-state index contributed by atoms with van der Waals surface area (Å²) < 4.78 is 43.5. The summed E-state index contributed by atoms with van der Waals surface area (Å²) >= 11 is 19.2. The van der Waals surface area contributed by atoms with Gasteiger partial charge < -0.3 is 5.11 Å². The molecule has 1 aliphatic carbocycles. The molecule has 0 spiro atoms. The van der Waals surface area contributed by atoms with Crippen molar-refractivity contribution in [3.63, 3.8) is 0 Å². The number of alkyl halides is 3. The van der Waals surface area contributed by atoms with E-state index in [1.54, 1.807) is 30.3 Å². The van der Waals surface area contributed by atoms with Gasteiger partial charge in [0.2, 0.25) is 0 Å². The summed E-state index contributed by atoms with van der Waals surface area (Å²) in [4.78, 5) is 59.7. The van der Waals surface area contributed by atoms with Crippen LogP contribution in [-0.2, 0) is 34.8 Å². The third-order valence-electron chi connectivity index (χ3n) is 9.31. The predicted molar refractivity (Wildman–Crippen MR) is 168 cm³/mol. The van der Waals surface area contributed by atoms with Gasteiger partial charge in [-0.1, -0.05) is 59.1 Å². The van der Waals surface area contributed by atoms with Gasteiger partial charge in [-0.3, -0.25) is 15.0 Å². The Hall–Kier alpha value is -4.53. The highest BCUT2D eigenvalue weighted by molar-refractivity contribution is 6.33. The van der Waals surface area contributed by atoms with E-state index in [0.29, 0.717) is 39.0 Å². The van der Waals surface area contributed by atoms with E-state index < -0.39 is 63.2 Å². The number of amides is 2. The highest BCUT2D eigenvalue weighted by Gasteiger charge is 2.69. The molecule has 1 saturated heterocycles. The molecule has 0 unspecified atom stereocenters. The van der Waals surface area contributed by atoms with Gasteiger partial charge in [-0.05, 0) is 53.5 Å². The standard InChI is InChI=1S/C31H22Cl3F3N6O5/c1-40-28(47)41-9-8-19-23(43(41)29(40)48)12-20-26(45)42(39-25-22(34)10-15(13-38-25)31(35,36)37)27(46)30(20,14-2-4-16(32)5-3-14)24(19)18-7-6-17(44)11-21(18)33/h2-8,10-11,13,20,23-24,44H,9,12H2,1H3,(H,38,39)/t20-,23+,24-,30+/m0/s1. The van der Waals surface area contributed by atoms with Crippen LogP contribution in [0.5, 0.6) is 5.75 Å². The van der Waals surface area contributed by atoms with Crippen molar-refractivity contribution in [1.82, 2.24) is 23.9 Å². The number of hydrogen-bond donors (Lipinski definition) is 2. The number of nitrogens with zero attached hydrogens (tertiary/aromatic N) is 5. The fourth-order valence-corrected chi connectivity index (χ4v) is 7.87. The number of rotatable bonds is 4. The monoisotopic (exact) mass is 720 g/mol. The number of phenolic OH excluding ortho intramolecular Hbond substituents is 1. The van der Waals surface area contributed by atoms with E-state index >= 15 is 4.79 Å². The molecule has 3 aliphatic rings. The molecule has 2 aliphatic heterocycles. The largest absolute Gasteiger partial charge is 0.508 e. The van der Waals surface area contributed by atoms with Gasteiger partial charge in [0.1, 0.15) is 5.75 Å². The molecule has 1 saturated carbocycles. The molecule has 4 aromatic rings. The number of nitrogens with one attached hydrogen (secondary N) is 1. The van der Waals surface area contributed by atoms with E-state index in [9.17, 15) is 32.7 Å². The summed E-state index contributed by atoms with van der Waals surface area (Å²) in [6.07, 6.45) is -2.66.